The first-order valence-electron chi connectivity index (χ1n) is 6.77. The molecule has 1 aliphatic rings. The number of nitrogens with zero attached hydrogens (tertiary/aromatic N) is 1. The third-order valence-corrected chi connectivity index (χ3v) is 5.08. The molecule has 0 spiro atoms. The van der Waals surface area contributed by atoms with Crippen LogP contribution in [0.3, 0.4) is 0 Å². The number of sulfone groups is 1. The van der Waals surface area contributed by atoms with Crippen LogP contribution in [0.25, 0.3) is 0 Å². The van der Waals surface area contributed by atoms with Crippen LogP contribution < -0.4 is 5.73 Å². The summed E-state index contributed by atoms with van der Waals surface area (Å²) in [7, 11) is -3.34. The SMILES string of the molecule is NCCCS(=O)(=O)CC(=O)N1CCc2ccccc2C1. The fourth-order valence-corrected chi connectivity index (χ4v) is 3.67. The van der Waals surface area contributed by atoms with E-state index >= 15 is 0 Å². The first-order chi connectivity index (χ1) is 9.52. The summed E-state index contributed by atoms with van der Waals surface area (Å²) in [5, 5.41) is 0. The molecule has 1 aromatic rings. The van der Waals surface area contributed by atoms with Gasteiger partial charge in [-0.2, -0.15) is 0 Å². The van der Waals surface area contributed by atoms with Crippen molar-refractivity contribution in [2.75, 3.05) is 24.6 Å². The third-order valence-electron chi connectivity index (χ3n) is 3.49. The van der Waals surface area contributed by atoms with Crippen molar-refractivity contribution in [3.63, 3.8) is 0 Å². The van der Waals surface area contributed by atoms with E-state index in [1.54, 1.807) is 4.90 Å². The zero-order chi connectivity index (χ0) is 14.6. The highest BCUT2D eigenvalue weighted by molar-refractivity contribution is 7.92. The molecule has 0 atom stereocenters. The van der Waals surface area contributed by atoms with Crippen molar-refractivity contribution in [1.82, 2.24) is 4.90 Å². The standard InChI is InChI=1S/C14H20N2O3S/c15-7-3-9-20(18,19)11-14(17)16-8-6-12-4-1-2-5-13(12)10-16/h1-2,4-5H,3,6-11,15H2. The van der Waals surface area contributed by atoms with Gasteiger partial charge in [-0.1, -0.05) is 24.3 Å². The largest absolute Gasteiger partial charge is 0.337 e. The quantitative estimate of drug-likeness (QED) is 0.849. The van der Waals surface area contributed by atoms with Crippen LogP contribution >= 0.6 is 0 Å². The fraction of sp³-hybridized carbons (Fsp3) is 0.500. The molecule has 110 valence electrons. The molecule has 0 aliphatic carbocycles. The first-order valence-corrected chi connectivity index (χ1v) is 8.59. The lowest BCUT2D eigenvalue weighted by molar-refractivity contribution is -0.129. The molecule has 1 aliphatic heterocycles. The molecule has 0 radical (unpaired) electrons. The topological polar surface area (TPSA) is 80.5 Å². The Morgan fingerprint density at radius 2 is 1.95 bits per heavy atom. The average molecular weight is 296 g/mol. The molecular formula is C14H20N2O3S. The molecule has 0 saturated heterocycles. The van der Waals surface area contributed by atoms with E-state index in [9.17, 15) is 13.2 Å². The number of nitrogens with two attached hydrogens (primary N) is 1. The van der Waals surface area contributed by atoms with E-state index in [-0.39, 0.29) is 11.7 Å². The van der Waals surface area contributed by atoms with E-state index in [2.05, 4.69) is 6.07 Å². The molecule has 0 aromatic heterocycles. The highest BCUT2D eigenvalue weighted by atomic mass is 32.2. The second kappa shape index (κ2) is 6.37. The maximum atomic E-state index is 12.1. The molecule has 2 N–H and O–H groups in total. The normalized spacial score (nSPS) is 14.9. The van der Waals surface area contributed by atoms with Crippen LogP contribution in [0.2, 0.25) is 0 Å². The minimum atomic E-state index is -3.34. The van der Waals surface area contributed by atoms with Gasteiger partial charge in [0, 0.05) is 13.1 Å². The van der Waals surface area contributed by atoms with Crippen molar-refractivity contribution >= 4 is 15.7 Å². The number of carbonyl (C=O) groups excluding carboxylic acids is 1. The molecular weight excluding hydrogens is 276 g/mol. The van der Waals surface area contributed by atoms with Crippen LogP contribution in [-0.4, -0.2) is 43.8 Å². The maximum absolute atomic E-state index is 12.1. The highest BCUT2D eigenvalue weighted by Gasteiger charge is 2.24. The van der Waals surface area contributed by atoms with E-state index in [0.29, 0.717) is 26.1 Å². The average Bonchev–Trinajstić information content (AvgIpc) is 2.44. The van der Waals surface area contributed by atoms with Gasteiger partial charge in [-0.25, -0.2) is 8.42 Å². The van der Waals surface area contributed by atoms with Crippen molar-refractivity contribution in [1.29, 1.82) is 0 Å². The molecule has 1 amide bonds. The van der Waals surface area contributed by atoms with Crippen molar-refractivity contribution in [3.8, 4) is 0 Å². The van der Waals surface area contributed by atoms with E-state index in [1.165, 1.54) is 5.56 Å². The van der Waals surface area contributed by atoms with Gasteiger partial charge < -0.3 is 10.6 Å². The van der Waals surface area contributed by atoms with Gasteiger partial charge in [-0.3, -0.25) is 4.79 Å². The summed E-state index contributed by atoms with van der Waals surface area (Å²) < 4.78 is 23.6. The molecule has 5 nitrogen and oxygen atoms in total. The molecule has 1 aromatic carbocycles. The van der Waals surface area contributed by atoms with E-state index in [1.807, 2.05) is 18.2 Å². The zero-order valence-corrected chi connectivity index (χ0v) is 12.2. The predicted molar refractivity (Wildman–Crippen MR) is 77.9 cm³/mol. The van der Waals surface area contributed by atoms with Crippen molar-refractivity contribution in [2.24, 2.45) is 5.73 Å². The number of carbonyl (C=O) groups is 1. The van der Waals surface area contributed by atoms with Gasteiger partial charge in [0.1, 0.15) is 5.75 Å². The second-order valence-corrected chi connectivity index (χ2v) is 7.25. The smallest absolute Gasteiger partial charge is 0.238 e. The van der Waals surface area contributed by atoms with Crippen LogP contribution in [0.4, 0.5) is 0 Å². The molecule has 20 heavy (non-hydrogen) atoms. The number of amides is 1. The Hall–Kier alpha value is -1.40. The Balaban J connectivity index is 1.98. The summed E-state index contributed by atoms with van der Waals surface area (Å²) >= 11 is 0. The van der Waals surface area contributed by atoms with Gasteiger partial charge >= 0.3 is 0 Å². The van der Waals surface area contributed by atoms with Gasteiger partial charge in [0.25, 0.3) is 0 Å². The first kappa shape index (κ1) is 15.0. The molecule has 0 saturated carbocycles. The molecule has 1 heterocycles. The van der Waals surface area contributed by atoms with E-state index in [4.69, 9.17) is 5.73 Å². The van der Waals surface area contributed by atoms with Crippen LogP contribution in [0.5, 0.6) is 0 Å². The van der Waals surface area contributed by atoms with E-state index in [0.717, 1.165) is 12.0 Å². The molecule has 0 bridgehead atoms. The Morgan fingerprint density at radius 3 is 2.65 bits per heavy atom. The fourth-order valence-electron chi connectivity index (χ4n) is 2.36. The molecule has 2 rings (SSSR count). The summed E-state index contributed by atoms with van der Waals surface area (Å²) in [6.07, 6.45) is 1.18. The number of rotatable bonds is 5. The van der Waals surface area contributed by atoms with Gasteiger partial charge in [-0.05, 0) is 30.5 Å². The van der Waals surface area contributed by atoms with Gasteiger partial charge in [0.15, 0.2) is 9.84 Å². The Kier molecular flexibility index (Phi) is 4.77. The van der Waals surface area contributed by atoms with Crippen molar-refractivity contribution in [2.45, 2.75) is 19.4 Å². The minimum Gasteiger partial charge on any atom is -0.337 e. The summed E-state index contributed by atoms with van der Waals surface area (Å²) in [5.74, 6) is -0.731. The minimum absolute atomic E-state index is 0.0142. The van der Waals surface area contributed by atoms with Gasteiger partial charge in [0.05, 0.1) is 5.75 Å². The Morgan fingerprint density at radius 1 is 1.25 bits per heavy atom. The van der Waals surface area contributed by atoms with Crippen LogP contribution in [0.15, 0.2) is 24.3 Å². The summed E-state index contributed by atoms with van der Waals surface area (Å²) in [6.45, 7) is 1.41. The Bertz CT molecular complexity index is 584. The Labute approximate surface area is 119 Å². The van der Waals surface area contributed by atoms with Crippen molar-refractivity contribution < 1.29 is 13.2 Å². The third kappa shape index (κ3) is 3.80. The lowest BCUT2D eigenvalue weighted by Gasteiger charge is -2.28. The number of hydrogen-bond donors (Lipinski definition) is 1. The van der Waals surface area contributed by atoms with Crippen LogP contribution in [-0.2, 0) is 27.6 Å². The van der Waals surface area contributed by atoms with Crippen LogP contribution in [0.1, 0.15) is 17.5 Å². The summed E-state index contributed by atoms with van der Waals surface area (Å²) in [5.41, 5.74) is 7.64. The number of benzene rings is 1. The number of fused-ring (bicyclic) bond motifs is 1. The van der Waals surface area contributed by atoms with Crippen LogP contribution in [0, 0.1) is 0 Å². The van der Waals surface area contributed by atoms with Gasteiger partial charge in [-0.15, -0.1) is 0 Å². The summed E-state index contributed by atoms with van der Waals surface area (Å²) in [6, 6.07) is 7.95. The lowest BCUT2D eigenvalue weighted by atomic mass is 10.00. The monoisotopic (exact) mass is 296 g/mol. The molecule has 0 fully saturated rings. The second-order valence-electron chi connectivity index (χ2n) is 5.07. The zero-order valence-electron chi connectivity index (χ0n) is 11.4. The predicted octanol–water partition coefficient (Wildman–Crippen LogP) is 0.335. The number of hydrogen-bond acceptors (Lipinski definition) is 4. The maximum Gasteiger partial charge on any atom is 0.238 e. The lowest BCUT2D eigenvalue weighted by Crippen LogP contribution is -2.39. The van der Waals surface area contributed by atoms with E-state index < -0.39 is 15.6 Å². The van der Waals surface area contributed by atoms with Crippen molar-refractivity contribution in [3.05, 3.63) is 35.4 Å². The highest BCUT2D eigenvalue weighted by Crippen LogP contribution is 2.18. The van der Waals surface area contributed by atoms with Gasteiger partial charge in [0.2, 0.25) is 5.91 Å². The molecule has 6 heteroatoms. The molecule has 0 unspecified atom stereocenters. The summed E-state index contributed by atoms with van der Waals surface area (Å²) in [4.78, 5) is 13.7.